The molecular formula is C21H20N4S. The number of aromatic nitrogens is 3. The van der Waals surface area contributed by atoms with Crippen LogP contribution in [0.4, 0.5) is 5.82 Å². The van der Waals surface area contributed by atoms with Gasteiger partial charge in [-0.1, -0.05) is 29.8 Å². The molecule has 0 radical (unpaired) electrons. The van der Waals surface area contributed by atoms with Crippen LogP contribution in [0, 0.1) is 6.92 Å². The largest absolute Gasteiger partial charge is 0.383 e. The molecule has 26 heavy (non-hydrogen) atoms. The number of fused-ring (bicyclic) bond motifs is 1. The number of hydrogen-bond acceptors (Lipinski definition) is 5. The van der Waals surface area contributed by atoms with Crippen molar-refractivity contribution in [2.75, 3.05) is 5.73 Å². The minimum atomic E-state index is -0.220. The fraction of sp³-hybridized carbons (Fsp3) is 0.190. The first kappa shape index (κ1) is 16.7. The molecule has 5 heteroatoms. The Morgan fingerprint density at radius 1 is 1.00 bits per heavy atom. The first-order valence-electron chi connectivity index (χ1n) is 8.51. The van der Waals surface area contributed by atoms with Crippen LogP contribution in [-0.4, -0.2) is 15.0 Å². The van der Waals surface area contributed by atoms with E-state index < -0.39 is 0 Å². The van der Waals surface area contributed by atoms with Crippen molar-refractivity contribution in [1.29, 1.82) is 0 Å². The molecule has 4 aromatic rings. The Morgan fingerprint density at radius 3 is 2.58 bits per heavy atom. The Kier molecular flexibility index (Phi) is 3.96. The fourth-order valence-electron chi connectivity index (χ4n) is 3.02. The van der Waals surface area contributed by atoms with Crippen LogP contribution in [0.3, 0.4) is 0 Å². The van der Waals surface area contributed by atoms with Gasteiger partial charge in [0.1, 0.15) is 10.6 Å². The molecule has 0 spiro atoms. The molecule has 130 valence electrons. The second-order valence-electron chi connectivity index (χ2n) is 6.97. The van der Waals surface area contributed by atoms with E-state index in [0.717, 1.165) is 21.5 Å². The van der Waals surface area contributed by atoms with E-state index in [1.165, 1.54) is 10.4 Å². The van der Waals surface area contributed by atoms with Gasteiger partial charge >= 0.3 is 0 Å². The van der Waals surface area contributed by atoms with E-state index in [2.05, 4.69) is 55.0 Å². The van der Waals surface area contributed by atoms with Gasteiger partial charge in [-0.15, -0.1) is 11.3 Å². The first-order valence-corrected chi connectivity index (χ1v) is 9.33. The van der Waals surface area contributed by atoms with E-state index in [9.17, 15) is 0 Å². The summed E-state index contributed by atoms with van der Waals surface area (Å²) in [4.78, 5) is 15.9. The number of hydrogen-bond donors (Lipinski definition) is 1. The third-order valence-corrected chi connectivity index (χ3v) is 5.97. The van der Waals surface area contributed by atoms with E-state index in [4.69, 9.17) is 10.7 Å². The number of nitrogen functional groups attached to an aromatic ring is 1. The molecule has 0 aliphatic carbocycles. The summed E-state index contributed by atoms with van der Waals surface area (Å²) >= 11 is 1.66. The molecule has 0 amide bonds. The number of nitrogens with two attached hydrogens (primary N) is 1. The maximum absolute atomic E-state index is 6.27. The van der Waals surface area contributed by atoms with Crippen molar-refractivity contribution in [3.05, 3.63) is 70.9 Å². The zero-order valence-corrected chi connectivity index (χ0v) is 15.8. The Balaban J connectivity index is 1.84. The van der Waals surface area contributed by atoms with Crippen LogP contribution in [0.15, 0.2) is 54.7 Å². The Hall–Kier alpha value is -2.79. The van der Waals surface area contributed by atoms with Gasteiger partial charge in [-0.2, -0.15) is 0 Å². The lowest BCUT2D eigenvalue weighted by atomic mass is 9.87. The normalized spacial score (nSPS) is 11.8. The monoisotopic (exact) mass is 360 g/mol. The summed E-state index contributed by atoms with van der Waals surface area (Å²) in [7, 11) is 0. The van der Waals surface area contributed by atoms with Crippen LogP contribution in [-0.2, 0) is 5.41 Å². The average Bonchev–Trinajstić information content (AvgIpc) is 3.08. The molecule has 3 aromatic heterocycles. The number of aryl methyl sites for hydroxylation is 1. The summed E-state index contributed by atoms with van der Waals surface area (Å²) in [6, 6.07) is 16.3. The number of anilines is 1. The van der Waals surface area contributed by atoms with Gasteiger partial charge in [0.2, 0.25) is 0 Å². The van der Waals surface area contributed by atoms with Gasteiger partial charge in [0.25, 0.3) is 0 Å². The minimum absolute atomic E-state index is 0.220. The van der Waals surface area contributed by atoms with Gasteiger partial charge in [-0.25, -0.2) is 9.97 Å². The van der Waals surface area contributed by atoms with E-state index in [1.54, 1.807) is 11.3 Å². The van der Waals surface area contributed by atoms with Gasteiger partial charge in [-0.3, -0.25) is 4.98 Å². The molecule has 0 fully saturated rings. The fourth-order valence-corrected chi connectivity index (χ4v) is 4.17. The molecule has 0 unspecified atom stereocenters. The highest BCUT2D eigenvalue weighted by atomic mass is 32.1. The maximum Gasteiger partial charge on any atom is 0.163 e. The third-order valence-electron chi connectivity index (χ3n) is 4.62. The van der Waals surface area contributed by atoms with E-state index >= 15 is 0 Å². The number of nitrogens with zero attached hydrogens (tertiary/aromatic N) is 3. The van der Waals surface area contributed by atoms with E-state index in [0.29, 0.717) is 11.6 Å². The van der Waals surface area contributed by atoms with Gasteiger partial charge in [0.15, 0.2) is 5.82 Å². The summed E-state index contributed by atoms with van der Waals surface area (Å²) in [6.45, 7) is 6.40. The van der Waals surface area contributed by atoms with Gasteiger partial charge in [0, 0.05) is 22.1 Å². The zero-order valence-electron chi connectivity index (χ0n) is 15.0. The molecular weight excluding hydrogens is 340 g/mol. The van der Waals surface area contributed by atoms with Crippen molar-refractivity contribution in [2.24, 2.45) is 0 Å². The Morgan fingerprint density at radius 2 is 1.85 bits per heavy atom. The smallest absolute Gasteiger partial charge is 0.163 e. The van der Waals surface area contributed by atoms with E-state index in [-0.39, 0.29) is 5.41 Å². The van der Waals surface area contributed by atoms with Crippen LogP contribution in [0.1, 0.15) is 30.0 Å². The first-order chi connectivity index (χ1) is 12.4. The molecule has 0 saturated carbocycles. The van der Waals surface area contributed by atoms with Crippen LogP contribution in [0.2, 0.25) is 0 Å². The summed E-state index contributed by atoms with van der Waals surface area (Å²) in [5.41, 5.74) is 9.23. The standard InChI is InChI=1S/C21H20N4S/c1-13-7-6-8-14(11-13)19-24-18(22)15-12-17(26-20(15)25-19)21(2,3)16-9-4-5-10-23-16/h4-12H,1-3H3,(H2,22,24,25). The van der Waals surface area contributed by atoms with Crippen molar-refractivity contribution < 1.29 is 0 Å². The van der Waals surface area contributed by atoms with Crippen molar-refractivity contribution in [2.45, 2.75) is 26.2 Å². The zero-order chi connectivity index (χ0) is 18.3. The number of pyridine rings is 1. The highest BCUT2D eigenvalue weighted by Crippen LogP contribution is 2.39. The van der Waals surface area contributed by atoms with Crippen molar-refractivity contribution in [3.63, 3.8) is 0 Å². The predicted molar refractivity (Wildman–Crippen MR) is 108 cm³/mol. The lowest BCUT2D eigenvalue weighted by molar-refractivity contribution is 0.631. The molecule has 3 heterocycles. The molecule has 0 saturated heterocycles. The maximum atomic E-state index is 6.27. The molecule has 1 aromatic carbocycles. The van der Waals surface area contributed by atoms with Crippen LogP contribution in [0.5, 0.6) is 0 Å². The summed E-state index contributed by atoms with van der Waals surface area (Å²) in [5, 5.41) is 0.908. The number of benzene rings is 1. The Bertz CT molecular complexity index is 1080. The van der Waals surface area contributed by atoms with Gasteiger partial charge in [0.05, 0.1) is 11.1 Å². The number of rotatable bonds is 3. The van der Waals surface area contributed by atoms with Crippen molar-refractivity contribution in [3.8, 4) is 11.4 Å². The summed E-state index contributed by atoms with van der Waals surface area (Å²) < 4.78 is 0. The topological polar surface area (TPSA) is 64.7 Å². The van der Waals surface area contributed by atoms with Gasteiger partial charge in [-0.05, 0) is 45.0 Å². The summed E-state index contributed by atoms with van der Waals surface area (Å²) in [5.74, 6) is 1.19. The quantitative estimate of drug-likeness (QED) is 0.560. The average molecular weight is 360 g/mol. The molecule has 4 nitrogen and oxygen atoms in total. The SMILES string of the molecule is Cc1cccc(-c2nc(N)c3cc(C(C)(C)c4ccccn4)sc3n2)c1. The third kappa shape index (κ3) is 2.84. The number of thiophene rings is 1. The predicted octanol–water partition coefficient (Wildman–Crippen LogP) is 4.97. The van der Waals surface area contributed by atoms with Gasteiger partial charge < -0.3 is 5.73 Å². The molecule has 0 atom stereocenters. The lowest BCUT2D eigenvalue weighted by Gasteiger charge is -2.22. The Labute approximate surface area is 156 Å². The van der Waals surface area contributed by atoms with E-state index in [1.807, 2.05) is 30.5 Å². The highest BCUT2D eigenvalue weighted by Gasteiger charge is 2.27. The second kappa shape index (κ2) is 6.18. The van der Waals surface area contributed by atoms with Crippen LogP contribution in [0.25, 0.3) is 21.6 Å². The molecule has 4 rings (SSSR count). The minimum Gasteiger partial charge on any atom is -0.383 e. The van der Waals surface area contributed by atoms with Crippen LogP contribution >= 0.6 is 11.3 Å². The lowest BCUT2D eigenvalue weighted by Crippen LogP contribution is -2.18. The van der Waals surface area contributed by atoms with Crippen molar-refractivity contribution >= 4 is 27.4 Å². The highest BCUT2D eigenvalue weighted by molar-refractivity contribution is 7.18. The molecule has 0 bridgehead atoms. The summed E-state index contributed by atoms with van der Waals surface area (Å²) in [6.07, 6.45) is 1.83. The van der Waals surface area contributed by atoms with Crippen LogP contribution < -0.4 is 5.73 Å². The molecule has 2 N–H and O–H groups in total. The van der Waals surface area contributed by atoms with Crippen molar-refractivity contribution in [1.82, 2.24) is 15.0 Å². The molecule has 0 aliphatic rings. The second-order valence-corrected chi connectivity index (χ2v) is 8.00. The molecule has 0 aliphatic heterocycles.